The van der Waals surface area contributed by atoms with Gasteiger partial charge in [0.15, 0.2) is 5.13 Å². The maximum Gasteiger partial charge on any atom is 0.240 e. The largest absolute Gasteiger partial charge is 0.315 e. The number of aromatic nitrogens is 1. The molecule has 0 saturated carbocycles. The SMILES string of the molecule is CN(CC(=O)Nc1nc2ccccc2s1)C1CCNC1. The van der Waals surface area contributed by atoms with Crippen LogP contribution in [0.5, 0.6) is 0 Å². The number of amides is 1. The minimum absolute atomic E-state index is 0.00143. The van der Waals surface area contributed by atoms with Crippen molar-refractivity contribution in [2.75, 3.05) is 32.0 Å². The Morgan fingerprint density at radius 3 is 3.15 bits per heavy atom. The van der Waals surface area contributed by atoms with Crippen LogP contribution in [0.3, 0.4) is 0 Å². The van der Waals surface area contributed by atoms with Gasteiger partial charge >= 0.3 is 0 Å². The van der Waals surface area contributed by atoms with E-state index in [9.17, 15) is 4.79 Å². The molecule has 0 bridgehead atoms. The molecule has 0 spiro atoms. The molecular weight excluding hydrogens is 272 g/mol. The molecule has 6 heteroatoms. The fourth-order valence-electron chi connectivity index (χ4n) is 2.46. The number of anilines is 1. The summed E-state index contributed by atoms with van der Waals surface area (Å²) < 4.78 is 1.09. The minimum atomic E-state index is -0.00143. The van der Waals surface area contributed by atoms with E-state index in [1.54, 1.807) is 0 Å². The second-order valence-electron chi connectivity index (χ2n) is 5.10. The Labute approximate surface area is 122 Å². The van der Waals surface area contributed by atoms with Crippen molar-refractivity contribution in [2.45, 2.75) is 12.5 Å². The third kappa shape index (κ3) is 2.98. The number of benzene rings is 1. The summed E-state index contributed by atoms with van der Waals surface area (Å²) in [5.41, 5.74) is 0.932. The zero-order valence-corrected chi connectivity index (χ0v) is 12.2. The lowest BCUT2D eigenvalue weighted by molar-refractivity contribution is -0.117. The molecule has 1 amide bonds. The van der Waals surface area contributed by atoms with E-state index in [1.165, 1.54) is 11.3 Å². The monoisotopic (exact) mass is 290 g/mol. The van der Waals surface area contributed by atoms with Crippen molar-refractivity contribution in [2.24, 2.45) is 0 Å². The summed E-state index contributed by atoms with van der Waals surface area (Å²) in [5, 5.41) is 6.88. The Bertz CT molecular complexity index is 573. The first kappa shape index (κ1) is 13.5. The number of likely N-dealkylation sites (N-methyl/N-ethyl adjacent to an activating group) is 1. The van der Waals surface area contributed by atoms with Crippen LogP contribution < -0.4 is 10.6 Å². The molecule has 1 saturated heterocycles. The molecule has 1 aromatic heterocycles. The Morgan fingerprint density at radius 2 is 2.40 bits per heavy atom. The van der Waals surface area contributed by atoms with Crippen molar-refractivity contribution in [3.63, 3.8) is 0 Å². The lowest BCUT2D eigenvalue weighted by Crippen LogP contribution is -2.39. The van der Waals surface area contributed by atoms with Crippen LogP contribution in [0.25, 0.3) is 10.2 Å². The van der Waals surface area contributed by atoms with Gasteiger partial charge < -0.3 is 10.6 Å². The van der Waals surface area contributed by atoms with Gasteiger partial charge in [0.05, 0.1) is 16.8 Å². The van der Waals surface area contributed by atoms with E-state index in [4.69, 9.17) is 0 Å². The normalized spacial score (nSPS) is 18.8. The van der Waals surface area contributed by atoms with Gasteiger partial charge in [-0.3, -0.25) is 9.69 Å². The summed E-state index contributed by atoms with van der Waals surface area (Å²) in [6.07, 6.45) is 1.10. The molecule has 1 aliphatic heterocycles. The average molecular weight is 290 g/mol. The third-order valence-corrected chi connectivity index (χ3v) is 4.54. The van der Waals surface area contributed by atoms with Crippen molar-refractivity contribution in [3.05, 3.63) is 24.3 Å². The summed E-state index contributed by atoms with van der Waals surface area (Å²) >= 11 is 1.51. The number of carbonyl (C=O) groups is 1. The molecule has 0 aliphatic carbocycles. The number of rotatable bonds is 4. The number of thiazole rings is 1. The van der Waals surface area contributed by atoms with Gasteiger partial charge in [0.1, 0.15) is 0 Å². The third-order valence-electron chi connectivity index (χ3n) is 3.59. The van der Waals surface area contributed by atoms with Crippen molar-refractivity contribution in [1.82, 2.24) is 15.2 Å². The van der Waals surface area contributed by atoms with E-state index in [0.717, 1.165) is 29.7 Å². The summed E-state index contributed by atoms with van der Waals surface area (Å²) in [7, 11) is 2.00. The smallest absolute Gasteiger partial charge is 0.240 e. The standard InChI is InChI=1S/C14H18N4OS/c1-18(10-6-7-15-8-10)9-13(19)17-14-16-11-4-2-3-5-12(11)20-14/h2-5,10,15H,6-9H2,1H3,(H,16,17,19). The van der Waals surface area contributed by atoms with Crippen LogP contribution in [0.2, 0.25) is 0 Å². The van der Waals surface area contributed by atoms with Crippen LogP contribution in [0, 0.1) is 0 Å². The van der Waals surface area contributed by atoms with Crippen molar-refractivity contribution in [1.29, 1.82) is 0 Å². The molecule has 2 N–H and O–H groups in total. The van der Waals surface area contributed by atoms with E-state index in [0.29, 0.717) is 17.7 Å². The number of carbonyl (C=O) groups excluding carboxylic acids is 1. The number of hydrogen-bond donors (Lipinski definition) is 2. The van der Waals surface area contributed by atoms with Crippen LogP contribution in [0.15, 0.2) is 24.3 Å². The molecule has 5 nitrogen and oxygen atoms in total. The van der Waals surface area contributed by atoms with Crippen molar-refractivity contribution < 1.29 is 4.79 Å². The highest BCUT2D eigenvalue weighted by Crippen LogP contribution is 2.25. The van der Waals surface area contributed by atoms with Gasteiger partial charge in [0, 0.05) is 12.6 Å². The topological polar surface area (TPSA) is 57.3 Å². The molecule has 106 valence electrons. The van der Waals surface area contributed by atoms with E-state index in [2.05, 4.69) is 20.5 Å². The molecule has 20 heavy (non-hydrogen) atoms. The highest BCUT2D eigenvalue weighted by atomic mass is 32.1. The van der Waals surface area contributed by atoms with Crippen LogP contribution in [-0.2, 0) is 4.79 Å². The Hall–Kier alpha value is -1.50. The first-order chi connectivity index (χ1) is 9.72. The van der Waals surface area contributed by atoms with Crippen molar-refractivity contribution in [3.8, 4) is 0 Å². The number of nitrogens with zero attached hydrogens (tertiary/aromatic N) is 2. The minimum Gasteiger partial charge on any atom is -0.315 e. The predicted octanol–water partition coefficient (Wildman–Crippen LogP) is 1.53. The lowest BCUT2D eigenvalue weighted by Gasteiger charge is -2.22. The molecule has 1 fully saturated rings. The predicted molar refractivity (Wildman–Crippen MR) is 82.2 cm³/mol. The van der Waals surface area contributed by atoms with Gasteiger partial charge in [0.25, 0.3) is 0 Å². The Morgan fingerprint density at radius 1 is 1.55 bits per heavy atom. The number of nitrogens with one attached hydrogen (secondary N) is 2. The summed E-state index contributed by atoms with van der Waals surface area (Å²) in [6.45, 7) is 2.40. The molecular formula is C14H18N4OS. The lowest BCUT2D eigenvalue weighted by atomic mass is 10.2. The molecule has 0 radical (unpaired) electrons. The van der Waals surface area contributed by atoms with Gasteiger partial charge in [-0.2, -0.15) is 0 Å². The maximum atomic E-state index is 12.0. The van der Waals surface area contributed by atoms with Crippen molar-refractivity contribution >= 4 is 32.6 Å². The summed E-state index contributed by atoms with van der Waals surface area (Å²) in [4.78, 5) is 18.6. The summed E-state index contributed by atoms with van der Waals surface area (Å²) in [6, 6.07) is 8.36. The van der Waals surface area contributed by atoms with Gasteiger partial charge in [-0.15, -0.1) is 0 Å². The van der Waals surface area contributed by atoms with Gasteiger partial charge in [-0.25, -0.2) is 4.98 Å². The molecule has 2 heterocycles. The quantitative estimate of drug-likeness (QED) is 0.896. The Kier molecular flexibility index (Phi) is 3.95. The number of fused-ring (bicyclic) bond motifs is 1. The first-order valence-electron chi connectivity index (χ1n) is 6.79. The molecule has 3 rings (SSSR count). The Balaban J connectivity index is 1.60. The van der Waals surface area contributed by atoms with E-state index < -0.39 is 0 Å². The van der Waals surface area contributed by atoms with Crippen LogP contribution in [-0.4, -0.2) is 48.5 Å². The molecule has 1 atom stereocenters. The fraction of sp³-hybridized carbons (Fsp3) is 0.429. The van der Waals surface area contributed by atoms with Gasteiger partial charge in [-0.05, 0) is 32.1 Å². The van der Waals surface area contributed by atoms with Crippen LogP contribution in [0.4, 0.5) is 5.13 Å². The molecule has 1 aliphatic rings. The highest BCUT2D eigenvalue weighted by molar-refractivity contribution is 7.22. The molecule has 2 aromatic rings. The van der Waals surface area contributed by atoms with E-state index in [1.807, 2.05) is 31.3 Å². The second-order valence-corrected chi connectivity index (χ2v) is 6.13. The number of para-hydroxylation sites is 1. The average Bonchev–Trinajstić information content (AvgIpc) is 3.07. The van der Waals surface area contributed by atoms with E-state index >= 15 is 0 Å². The van der Waals surface area contributed by atoms with Crippen LogP contribution >= 0.6 is 11.3 Å². The maximum absolute atomic E-state index is 12.0. The zero-order valence-electron chi connectivity index (χ0n) is 11.4. The highest BCUT2D eigenvalue weighted by Gasteiger charge is 2.21. The summed E-state index contributed by atoms with van der Waals surface area (Å²) in [5.74, 6) is -0.00143. The first-order valence-corrected chi connectivity index (χ1v) is 7.60. The van der Waals surface area contributed by atoms with Crippen LogP contribution in [0.1, 0.15) is 6.42 Å². The number of hydrogen-bond acceptors (Lipinski definition) is 5. The molecule has 1 aromatic carbocycles. The van der Waals surface area contributed by atoms with Gasteiger partial charge in [-0.1, -0.05) is 23.5 Å². The van der Waals surface area contributed by atoms with E-state index in [-0.39, 0.29) is 5.91 Å². The van der Waals surface area contributed by atoms with Gasteiger partial charge in [0.2, 0.25) is 5.91 Å². The zero-order chi connectivity index (χ0) is 13.9. The second kappa shape index (κ2) is 5.87. The molecule has 1 unspecified atom stereocenters. The fourth-order valence-corrected chi connectivity index (χ4v) is 3.34.